The van der Waals surface area contributed by atoms with Gasteiger partial charge in [0.25, 0.3) is 5.91 Å². The molecule has 2 aromatic carbocycles. The molecule has 0 spiro atoms. The Balaban J connectivity index is 1.71. The minimum Gasteiger partial charge on any atom is -0.478 e. The van der Waals surface area contributed by atoms with Crippen molar-refractivity contribution in [3.63, 3.8) is 0 Å². The van der Waals surface area contributed by atoms with Crippen molar-refractivity contribution in [1.29, 1.82) is 0 Å². The number of aromatic nitrogens is 1. The molecule has 0 saturated carbocycles. The first kappa shape index (κ1) is 23.6. The molecule has 174 valence electrons. The van der Waals surface area contributed by atoms with Gasteiger partial charge in [-0.15, -0.1) is 0 Å². The van der Waals surface area contributed by atoms with Gasteiger partial charge in [-0.3, -0.25) is 9.69 Å². The molecule has 7 heteroatoms. The van der Waals surface area contributed by atoms with Crippen LogP contribution in [0.4, 0.5) is 5.69 Å². The number of benzene rings is 2. The molecular formula is C27H27N3O3S. The molecule has 0 bridgehead atoms. The summed E-state index contributed by atoms with van der Waals surface area (Å²) in [5, 5.41) is 9.80. The number of aliphatic imine (C=N–C) groups is 1. The van der Waals surface area contributed by atoms with Crippen LogP contribution in [-0.4, -0.2) is 38.2 Å². The van der Waals surface area contributed by atoms with E-state index in [4.69, 9.17) is 0 Å². The summed E-state index contributed by atoms with van der Waals surface area (Å²) in [4.78, 5) is 31.2. The van der Waals surface area contributed by atoms with E-state index in [0.717, 1.165) is 29.1 Å². The van der Waals surface area contributed by atoms with Crippen LogP contribution in [0.25, 0.3) is 11.8 Å². The average molecular weight is 474 g/mol. The molecule has 4 rings (SSSR count). The van der Waals surface area contributed by atoms with E-state index in [0.29, 0.717) is 22.3 Å². The van der Waals surface area contributed by atoms with Crippen molar-refractivity contribution in [1.82, 2.24) is 9.47 Å². The lowest BCUT2D eigenvalue weighted by molar-refractivity contribution is -0.122. The molecule has 6 nitrogen and oxygen atoms in total. The fourth-order valence-corrected chi connectivity index (χ4v) is 5.22. The van der Waals surface area contributed by atoms with E-state index >= 15 is 0 Å². The van der Waals surface area contributed by atoms with Gasteiger partial charge in [0.15, 0.2) is 5.17 Å². The summed E-state index contributed by atoms with van der Waals surface area (Å²) in [6.45, 7) is 8.67. The number of aromatic carboxylic acids is 1. The molecule has 1 N–H and O–H groups in total. The van der Waals surface area contributed by atoms with Crippen molar-refractivity contribution in [3.05, 3.63) is 87.6 Å². The lowest BCUT2D eigenvalue weighted by atomic mass is 10.1. The van der Waals surface area contributed by atoms with Crippen LogP contribution < -0.4 is 0 Å². The molecule has 0 unspecified atom stereocenters. The number of amides is 1. The molecule has 3 aromatic rings. The predicted octanol–water partition coefficient (Wildman–Crippen LogP) is 5.98. The number of carboxylic acid groups (broad SMARTS) is 1. The number of carbonyl (C=O) groups excluding carboxylic acids is 1. The van der Waals surface area contributed by atoms with Crippen LogP contribution in [0.1, 0.15) is 46.7 Å². The number of carboxylic acids is 1. The first-order valence-electron chi connectivity index (χ1n) is 11.2. The van der Waals surface area contributed by atoms with Gasteiger partial charge in [-0.2, -0.15) is 0 Å². The third-order valence-electron chi connectivity index (χ3n) is 5.89. The molecule has 34 heavy (non-hydrogen) atoms. The van der Waals surface area contributed by atoms with Crippen LogP contribution >= 0.6 is 11.8 Å². The van der Waals surface area contributed by atoms with Gasteiger partial charge in [0.2, 0.25) is 0 Å². The Bertz CT molecular complexity index is 1340. The van der Waals surface area contributed by atoms with Crippen molar-refractivity contribution in [2.75, 3.05) is 6.54 Å². The maximum Gasteiger partial charge on any atom is 0.335 e. The van der Waals surface area contributed by atoms with E-state index in [2.05, 4.69) is 54.6 Å². The van der Waals surface area contributed by atoms with Crippen LogP contribution in [0.15, 0.2) is 64.5 Å². The largest absolute Gasteiger partial charge is 0.478 e. The van der Waals surface area contributed by atoms with Gasteiger partial charge < -0.3 is 9.67 Å². The van der Waals surface area contributed by atoms with Crippen molar-refractivity contribution in [2.24, 2.45) is 4.99 Å². The van der Waals surface area contributed by atoms with Gasteiger partial charge in [0, 0.05) is 23.6 Å². The van der Waals surface area contributed by atoms with Crippen molar-refractivity contribution in [2.45, 2.75) is 34.1 Å². The third kappa shape index (κ3) is 4.43. The second kappa shape index (κ2) is 9.73. The predicted molar refractivity (Wildman–Crippen MR) is 138 cm³/mol. The summed E-state index contributed by atoms with van der Waals surface area (Å²) < 4.78 is 2.24. The summed E-state index contributed by atoms with van der Waals surface area (Å²) in [5.41, 5.74) is 6.26. The lowest BCUT2D eigenvalue weighted by Crippen LogP contribution is -2.28. The Morgan fingerprint density at radius 3 is 2.56 bits per heavy atom. The zero-order valence-corrected chi connectivity index (χ0v) is 20.5. The SMILES string of the molecule is CCc1ccccc1-n1c(C)cc(/C=C2\SC(=Nc3cccc(C(=O)O)c3)N(CC)C2=O)c1C. The number of para-hydroxylation sites is 1. The highest BCUT2D eigenvalue weighted by Gasteiger charge is 2.32. The fraction of sp³-hybridized carbons (Fsp3) is 0.222. The van der Waals surface area contributed by atoms with Crippen LogP contribution in [-0.2, 0) is 11.2 Å². The minimum atomic E-state index is -1.01. The highest BCUT2D eigenvalue weighted by Crippen LogP contribution is 2.35. The Morgan fingerprint density at radius 1 is 1.09 bits per heavy atom. The van der Waals surface area contributed by atoms with Crippen LogP contribution in [0.3, 0.4) is 0 Å². The highest BCUT2D eigenvalue weighted by atomic mass is 32.2. The molecular weight excluding hydrogens is 446 g/mol. The van der Waals surface area contributed by atoms with E-state index in [1.54, 1.807) is 17.0 Å². The molecule has 1 amide bonds. The first-order valence-corrected chi connectivity index (χ1v) is 12.1. The molecule has 0 atom stereocenters. The van der Waals surface area contributed by atoms with Crippen LogP contribution in [0.5, 0.6) is 0 Å². The molecule has 1 aliphatic heterocycles. The molecule has 2 heterocycles. The maximum absolute atomic E-state index is 13.1. The smallest absolute Gasteiger partial charge is 0.335 e. The Morgan fingerprint density at radius 2 is 1.85 bits per heavy atom. The molecule has 1 fully saturated rings. The summed E-state index contributed by atoms with van der Waals surface area (Å²) in [5.74, 6) is -1.11. The van der Waals surface area contributed by atoms with Gasteiger partial charge in [0.1, 0.15) is 0 Å². The fourth-order valence-electron chi connectivity index (χ4n) is 4.16. The first-order chi connectivity index (χ1) is 16.3. The number of carbonyl (C=O) groups is 2. The molecule has 1 saturated heterocycles. The molecule has 1 aliphatic rings. The zero-order chi connectivity index (χ0) is 24.4. The van der Waals surface area contributed by atoms with Gasteiger partial charge in [-0.05, 0) is 86.5 Å². The zero-order valence-electron chi connectivity index (χ0n) is 19.7. The molecule has 0 aliphatic carbocycles. The number of hydrogen-bond acceptors (Lipinski definition) is 4. The van der Waals surface area contributed by atoms with Gasteiger partial charge in [-0.1, -0.05) is 31.2 Å². The van der Waals surface area contributed by atoms with Crippen LogP contribution in [0.2, 0.25) is 0 Å². The monoisotopic (exact) mass is 473 g/mol. The van der Waals surface area contributed by atoms with E-state index in [9.17, 15) is 14.7 Å². The van der Waals surface area contributed by atoms with Crippen molar-refractivity contribution in [3.8, 4) is 5.69 Å². The topological polar surface area (TPSA) is 74.9 Å². The third-order valence-corrected chi connectivity index (χ3v) is 6.90. The number of hydrogen-bond donors (Lipinski definition) is 1. The van der Waals surface area contributed by atoms with E-state index in [-0.39, 0.29) is 11.5 Å². The van der Waals surface area contributed by atoms with Gasteiger partial charge in [-0.25, -0.2) is 9.79 Å². The van der Waals surface area contributed by atoms with E-state index in [1.807, 2.05) is 19.1 Å². The van der Waals surface area contributed by atoms with E-state index in [1.165, 1.54) is 29.5 Å². The second-order valence-corrected chi connectivity index (χ2v) is 9.06. The van der Waals surface area contributed by atoms with Crippen molar-refractivity contribution < 1.29 is 14.7 Å². The van der Waals surface area contributed by atoms with Gasteiger partial charge in [0.05, 0.1) is 16.2 Å². The number of nitrogens with zero attached hydrogens (tertiary/aromatic N) is 3. The Labute approximate surface area is 203 Å². The maximum atomic E-state index is 13.1. The normalized spacial score (nSPS) is 16.1. The number of rotatable bonds is 6. The molecule has 0 radical (unpaired) electrons. The number of thioether (sulfide) groups is 1. The Hall–Kier alpha value is -3.58. The van der Waals surface area contributed by atoms with Crippen LogP contribution in [0, 0.1) is 13.8 Å². The molecule has 1 aromatic heterocycles. The lowest BCUT2D eigenvalue weighted by Gasteiger charge is -2.14. The quantitative estimate of drug-likeness (QED) is 0.447. The summed E-state index contributed by atoms with van der Waals surface area (Å²) >= 11 is 1.31. The van der Waals surface area contributed by atoms with Gasteiger partial charge >= 0.3 is 5.97 Å². The summed E-state index contributed by atoms with van der Waals surface area (Å²) in [6.07, 6.45) is 2.87. The second-order valence-electron chi connectivity index (χ2n) is 8.05. The standard InChI is InChI=1S/C27H27N3O3S/c1-5-19-10-7-8-13-23(19)30-17(3)14-21(18(30)4)16-24-25(31)29(6-2)27(34-24)28-22-12-9-11-20(15-22)26(32)33/h7-16H,5-6H2,1-4H3,(H,32,33)/b24-16-,28-27?. The minimum absolute atomic E-state index is 0.0978. The average Bonchev–Trinajstić information content (AvgIpc) is 3.27. The summed E-state index contributed by atoms with van der Waals surface area (Å²) in [6, 6.07) is 16.9. The van der Waals surface area contributed by atoms with Crippen molar-refractivity contribution >= 4 is 40.6 Å². The number of likely N-dealkylation sites (N-methyl/N-ethyl adjacent to an activating group) is 1. The number of aryl methyl sites for hydroxylation is 2. The van der Waals surface area contributed by atoms with E-state index < -0.39 is 5.97 Å². The summed E-state index contributed by atoms with van der Waals surface area (Å²) in [7, 11) is 0. The number of amidine groups is 1. The Kier molecular flexibility index (Phi) is 6.75. The highest BCUT2D eigenvalue weighted by molar-refractivity contribution is 8.18.